The van der Waals surface area contributed by atoms with Gasteiger partial charge >= 0.3 is 6.03 Å². The van der Waals surface area contributed by atoms with Crippen LogP contribution >= 0.6 is 11.9 Å². The fourth-order valence-corrected chi connectivity index (χ4v) is 3.13. The highest BCUT2D eigenvalue weighted by molar-refractivity contribution is 7.98. The van der Waals surface area contributed by atoms with Crippen LogP contribution in [0.2, 0.25) is 0 Å². The molecule has 1 aliphatic rings. The lowest BCUT2D eigenvalue weighted by molar-refractivity contribution is -0.127. The largest absolute Gasteiger partial charge is 0.335 e. The smallest absolute Gasteiger partial charge is 0.319 e. The minimum Gasteiger partial charge on any atom is -0.319 e. The van der Waals surface area contributed by atoms with Gasteiger partial charge in [0.1, 0.15) is 5.54 Å². The number of carbonyl (C=O) groups excluding carboxylic acids is 2. The summed E-state index contributed by atoms with van der Waals surface area (Å²) in [5.41, 5.74) is -0.236. The first kappa shape index (κ1) is 13.7. The third-order valence-electron chi connectivity index (χ3n) is 3.44. The quantitative estimate of drug-likeness (QED) is 0.699. The zero-order valence-electron chi connectivity index (χ0n) is 11.4. The number of urea groups is 1. The van der Waals surface area contributed by atoms with E-state index in [1.54, 1.807) is 6.92 Å². The van der Waals surface area contributed by atoms with Gasteiger partial charge in [0, 0.05) is 4.90 Å². The SMILES string of the molecule is C[C@]1(c2ccccc2)NC(=O)N(Sc2ccccc2)C1=O. The fourth-order valence-electron chi connectivity index (χ4n) is 2.25. The fraction of sp³-hybridized carbons (Fsp3) is 0.125. The highest BCUT2D eigenvalue weighted by atomic mass is 32.2. The lowest BCUT2D eigenvalue weighted by atomic mass is 9.92. The minimum absolute atomic E-state index is 0.257. The van der Waals surface area contributed by atoms with Crippen molar-refractivity contribution >= 4 is 23.9 Å². The van der Waals surface area contributed by atoms with Crippen molar-refractivity contribution in [2.75, 3.05) is 0 Å². The molecule has 2 aromatic rings. The maximum atomic E-state index is 12.7. The van der Waals surface area contributed by atoms with E-state index in [1.165, 1.54) is 4.31 Å². The predicted molar refractivity (Wildman–Crippen MR) is 81.5 cm³/mol. The predicted octanol–water partition coefficient (Wildman–Crippen LogP) is 3.16. The van der Waals surface area contributed by atoms with Gasteiger partial charge in [0.25, 0.3) is 5.91 Å². The van der Waals surface area contributed by atoms with Crippen LogP contribution in [0, 0.1) is 0 Å². The van der Waals surface area contributed by atoms with Crippen molar-refractivity contribution in [1.82, 2.24) is 9.62 Å². The van der Waals surface area contributed by atoms with E-state index in [9.17, 15) is 9.59 Å². The molecule has 0 aliphatic carbocycles. The Hall–Kier alpha value is -2.27. The molecule has 21 heavy (non-hydrogen) atoms. The first-order valence-corrected chi connectivity index (χ1v) is 7.34. The Morgan fingerprint density at radius 1 is 0.952 bits per heavy atom. The van der Waals surface area contributed by atoms with E-state index in [0.717, 1.165) is 22.4 Å². The van der Waals surface area contributed by atoms with Crippen LogP contribution in [0.1, 0.15) is 12.5 Å². The summed E-state index contributed by atoms with van der Waals surface area (Å²) in [6.45, 7) is 1.73. The summed E-state index contributed by atoms with van der Waals surface area (Å²) in [4.78, 5) is 25.7. The first-order chi connectivity index (χ1) is 10.1. The maximum absolute atomic E-state index is 12.7. The average Bonchev–Trinajstić information content (AvgIpc) is 2.74. The zero-order chi connectivity index (χ0) is 14.9. The molecule has 1 saturated heterocycles. The molecule has 1 heterocycles. The molecule has 106 valence electrons. The normalized spacial score (nSPS) is 21.5. The van der Waals surface area contributed by atoms with Gasteiger partial charge < -0.3 is 5.32 Å². The highest BCUT2D eigenvalue weighted by Gasteiger charge is 2.49. The first-order valence-electron chi connectivity index (χ1n) is 6.56. The summed E-state index contributed by atoms with van der Waals surface area (Å²) in [5.74, 6) is -0.257. The topological polar surface area (TPSA) is 49.4 Å². The van der Waals surface area contributed by atoms with E-state index < -0.39 is 5.54 Å². The van der Waals surface area contributed by atoms with E-state index >= 15 is 0 Å². The van der Waals surface area contributed by atoms with Gasteiger partial charge in [0.2, 0.25) is 0 Å². The molecule has 0 aromatic heterocycles. The van der Waals surface area contributed by atoms with Crippen molar-refractivity contribution in [1.29, 1.82) is 0 Å². The number of carbonyl (C=O) groups is 2. The number of hydrogen-bond acceptors (Lipinski definition) is 3. The molecule has 4 nitrogen and oxygen atoms in total. The van der Waals surface area contributed by atoms with Crippen LogP contribution in [-0.2, 0) is 10.3 Å². The van der Waals surface area contributed by atoms with Crippen LogP contribution in [0.5, 0.6) is 0 Å². The highest BCUT2D eigenvalue weighted by Crippen LogP contribution is 2.34. The Bertz CT molecular complexity index is 675. The molecule has 0 saturated carbocycles. The third-order valence-corrected chi connectivity index (χ3v) is 4.44. The number of amides is 3. The molecule has 3 rings (SSSR count). The molecule has 0 unspecified atom stereocenters. The summed E-state index contributed by atoms with van der Waals surface area (Å²) in [7, 11) is 0. The van der Waals surface area contributed by atoms with E-state index in [1.807, 2.05) is 60.7 Å². The Kier molecular flexibility index (Phi) is 3.43. The number of nitrogens with one attached hydrogen (secondary N) is 1. The van der Waals surface area contributed by atoms with Crippen molar-refractivity contribution in [2.45, 2.75) is 17.4 Å². The van der Waals surface area contributed by atoms with Gasteiger partial charge in [-0.25, -0.2) is 4.79 Å². The monoisotopic (exact) mass is 298 g/mol. The van der Waals surface area contributed by atoms with Gasteiger partial charge in [-0.2, -0.15) is 4.31 Å². The Labute approximate surface area is 127 Å². The molecule has 3 amide bonds. The van der Waals surface area contributed by atoms with Crippen LogP contribution in [0.25, 0.3) is 0 Å². The molecule has 0 radical (unpaired) electrons. The number of nitrogens with zero attached hydrogens (tertiary/aromatic N) is 1. The van der Waals surface area contributed by atoms with Gasteiger partial charge in [-0.3, -0.25) is 4.79 Å². The average molecular weight is 298 g/mol. The number of rotatable bonds is 3. The molecule has 1 atom stereocenters. The third kappa shape index (κ3) is 2.40. The van der Waals surface area contributed by atoms with Gasteiger partial charge in [-0.05, 0) is 36.6 Å². The van der Waals surface area contributed by atoms with Crippen LogP contribution in [-0.4, -0.2) is 16.2 Å². The molecular formula is C16H14N2O2S. The molecule has 1 fully saturated rings. The van der Waals surface area contributed by atoms with E-state index in [0.29, 0.717) is 0 Å². The summed E-state index contributed by atoms with van der Waals surface area (Å²) >= 11 is 1.14. The number of imide groups is 1. The Balaban J connectivity index is 1.89. The van der Waals surface area contributed by atoms with Crippen LogP contribution in [0.15, 0.2) is 65.6 Å². The number of benzene rings is 2. The van der Waals surface area contributed by atoms with Crippen LogP contribution < -0.4 is 5.32 Å². The molecule has 1 N–H and O–H groups in total. The van der Waals surface area contributed by atoms with Crippen molar-refractivity contribution in [3.63, 3.8) is 0 Å². The lowest BCUT2D eigenvalue weighted by Crippen LogP contribution is -2.40. The second-order valence-electron chi connectivity index (χ2n) is 4.93. The van der Waals surface area contributed by atoms with Crippen LogP contribution in [0.3, 0.4) is 0 Å². The van der Waals surface area contributed by atoms with E-state index in [-0.39, 0.29) is 11.9 Å². The number of hydrogen-bond donors (Lipinski definition) is 1. The lowest BCUT2D eigenvalue weighted by Gasteiger charge is -2.21. The summed E-state index contributed by atoms with van der Waals surface area (Å²) in [6, 6.07) is 18.2. The Morgan fingerprint density at radius 2 is 1.52 bits per heavy atom. The van der Waals surface area contributed by atoms with Gasteiger partial charge in [0.05, 0.1) is 0 Å². The molecule has 5 heteroatoms. The molecule has 1 aliphatic heterocycles. The van der Waals surface area contributed by atoms with E-state index in [2.05, 4.69) is 5.32 Å². The molecule has 2 aromatic carbocycles. The molecular weight excluding hydrogens is 284 g/mol. The molecule has 0 bridgehead atoms. The Morgan fingerprint density at radius 3 is 2.14 bits per heavy atom. The van der Waals surface area contributed by atoms with Crippen LogP contribution in [0.4, 0.5) is 4.79 Å². The van der Waals surface area contributed by atoms with Gasteiger partial charge in [0.15, 0.2) is 0 Å². The summed E-state index contributed by atoms with van der Waals surface area (Å²) < 4.78 is 1.18. The second kappa shape index (κ2) is 5.26. The second-order valence-corrected chi connectivity index (χ2v) is 5.94. The zero-order valence-corrected chi connectivity index (χ0v) is 12.3. The minimum atomic E-state index is -1.01. The van der Waals surface area contributed by atoms with E-state index in [4.69, 9.17) is 0 Å². The summed E-state index contributed by atoms with van der Waals surface area (Å²) in [6.07, 6.45) is 0. The van der Waals surface area contributed by atoms with Gasteiger partial charge in [-0.1, -0.05) is 48.5 Å². The molecule has 0 spiro atoms. The maximum Gasteiger partial charge on any atom is 0.335 e. The summed E-state index contributed by atoms with van der Waals surface area (Å²) in [5, 5.41) is 2.78. The van der Waals surface area contributed by atoms with Crippen molar-refractivity contribution in [3.8, 4) is 0 Å². The standard InChI is InChI=1S/C16H14N2O2S/c1-16(12-8-4-2-5-9-12)14(19)18(15(20)17-16)21-13-10-6-3-7-11-13/h2-11H,1H3,(H,17,20)/t16-/m1/s1. The van der Waals surface area contributed by atoms with Gasteiger partial charge in [-0.15, -0.1) is 0 Å². The van der Waals surface area contributed by atoms with Crippen molar-refractivity contribution in [3.05, 3.63) is 66.2 Å². The van der Waals surface area contributed by atoms with Crippen molar-refractivity contribution in [2.24, 2.45) is 0 Å². The van der Waals surface area contributed by atoms with Crippen molar-refractivity contribution < 1.29 is 9.59 Å².